The summed E-state index contributed by atoms with van der Waals surface area (Å²) in [6.07, 6.45) is 2.32. The van der Waals surface area contributed by atoms with Crippen LogP contribution in [0.4, 0.5) is 11.4 Å². The molecule has 30 heavy (non-hydrogen) atoms. The largest absolute Gasteiger partial charge is 0.378 e. The Morgan fingerprint density at radius 3 is 2.27 bits per heavy atom. The summed E-state index contributed by atoms with van der Waals surface area (Å²) in [6, 6.07) is 14.2. The molecule has 6 heteroatoms. The number of aryl methyl sites for hydroxylation is 2. The lowest BCUT2D eigenvalue weighted by molar-refractivity contribution is -0.136. The fourth-order valence-corrected chi connectivity index (χ4v) is 3.91. The van der Waals surface area contributed by atoms with E-state index in [1.54, 1.807) is 0 Å². The van der Waals surface area contributed by atoms with E-state index in [-0.39, 0.29) is 6.04 Å². The Labute approximate surface area is 179 Å². The van der Waals surface area contributed by atoms with Gasteiger partial charge in [0.25, 0.3) is 0 Å². The summed E-state index contributed by atoms with van der Waals surface area (Å²) in [5.74, 6) is -1.24. The first-order valence-electron chi connectivity index (χ1n) is 10.5. The number of amides is 2. The van der Waals surface area contributed by atoms with Crippen molar-refractivity contribution in [2.24, 2.45) is 0 Å². The monoisotopic (exact) mass is 408 g/mol. The summed E-state index contributed by atoms with van der Waals surface area (Å²) in [6.45, 7) is 6.33. The van der Waals surface area contributed by atoms with Crippen molar-refractivity contribution in [3.05, 3.63) is 59.2 Å². The molecule has 1 aliphatic heterocycles. The van der Waals surface area contributed by atoms with E-state index in [2.05, 4.69) is 44.7 Å². The Kier molecular flexibility index (Phi) is 7.11. The highest BCUT2D eigenvalue weighted by atomic mass is 16.2. The first-order valence-corrected chi connectivity index (χ1v) is 10.5. The highest BCUT2D eigenvalue weighted by Gasteiger charge is 2.25. The molecular weight excluding hydrogens is 376 g/mol. The molecule has 0 spiro atoms. The molecule has 1 saturated heterocycles. The first kappa shape index (κ1) is 21.8. The summed E-state index contributed by atoms with van der Waals surface area (Å²) < 4.78 is 0. The van der Waals surface area contributed by atoms with Gasteiger partial charge in [-0.2, -0.15) is 0 Å². The van der Waals surface area contributed by atoms with Crippen molar-refractivity contribution in [1.82, 2.24) is 10.2 Å². The van der Waals surface area contributed by atoms with Gasteiger partial charge in [0.1, 0.15) is 0 Å². The van der Waals surface area contributed by atoms with Crippen LogP contribution in [0.3, 0.4) is 0 Å². The lowest BCUT2D eigenvalue weighted by Crippen LogP contribution is -2.41. The van der Waals surface area contributed by atoms with Crippen LogP contribution in [0, 0.1) is 13.8 Å². The number of carbonyl (C=O) groups is 2. The van der Waals surface area contributed by atoms with Crippen molar-refractivity contribution in [2.45, 2.75) is 32.7 Å². The van der Waals surface area contributed by atoms with Crippen LogP contribution in [-0.4, -0.2) is 50.4 Å². The van der Waals surface area contributed by atoms with Gasteiger partial charge in [-0.3, -0.25) is 14.5 Å². The van der Waals surface area contributed by atoms with Crippen molar-refractivity contribution in [1.29, 1.82) is 0 Å². The Morgan fingerprint density at radius 1 is 1.00 bits per heavy atom. The molecule has 1 fully saturated rings. The Bertz CT molecular complexity index is 887. The summed E-state index contributed by atoms with van der Waals surface area (Å²) in [5.41, 5.74) is 5.00. The highest BCUT2D eigenvalue weighted by Crippen LogP contribution is 2.26. The molecule has 0 saturated carbocycles. The summed E-state index contributed by atoms with van der Waals surface area (Å²) in [4.78, 5) is 29.3. The third kappa shape index (κ3) is 5.39. The molecule has 0 bridgehead atoms. The van der Waals surface area contributed by atoms with Crippen LogP contribution in [0.2, 0.25) is 0 Å². The number of anilines is 2. The predicted molar refractivity (Wildman–Crippen MR) is 122 cm³/mol. The average Bonchev–Trinajstić information content (AvgIpc) is 3.25. The average molecular weight is 409 g/mol. The number of nitrogens with one attached hydrogen (secondary N) is 2. The van der Waals surface area contributed by atoms with E-state index in [0.29, 0.717) is 12.2 Å². The molecule has 0 aromatic heterocycles. The van der Waals surface area contributed by atoms with Gasteiger partial charge in [0.15, 0.2) is 0 Å². The van der Waals surface area contributed by atoms with Crippen molar-refractivity contribution in [2.75, 3.05) is 43.9 Å². The lowest BCUT2D eigenvalue weighted by Gasteiger charge is -2.28. The maximum absolute atomic E-state index is 12.5. The molecule has 6 nitrogen and oxygen atoms in total. The normalized spacial score (nSPS) is 14.9. The molecule has 2 aromatic carbocycles. The van der Waals surface area contributed by atoms with E-state index in [1.165, 1.54) is 0 Å². The predicted octanol–water partition coefficient (Wildman–Crippen LogP) is 3.26. The van der Waals surface area contributed by atoms with E-state index in [4.69, 9.17) is 0 Å². The van der Waals surface area contributed by atoms with Crippen LogP contribution in [0.1, 0.15) is 35.6 Å². The first-order chi connectivity index (χ1) is 14.3. The number of likely N-dealkylation sites (tertiary alicyclic amines) is 1. The van der Waals surface area contributed by atoms with Crippen molar-refractivity contribution in [3.8, 4) is 0 Å². The van der Waals surface area contributed by atoms with Gasteiger partial charge in [0, 0.05) is 32.0 Å². The van der Waals surface area contributed by atoms with E-state index >= 15 is 0 Å². The molecule has 2 amide bonds. The van der Waals surface area contributed by atoms with E-state index in [1.807, 2.05) is 46.1 Å². The molecule has 2 N–H and O–H groups in total. The topological polar surface area (TPSA) is 64.7 Å². The molecule has 0 aliphatic carbocycles. The van der Waals surface area contributed by atoms with Gasteiger partial charge in [-0.15, -0.1) is 0 Å². The molecule has 2 aromatic rings. The second-order valence-electron chi connectivity index (χ2n) is 8.23. The lowest BCUT2D eigenvalue weighted by atomic mass is 10.0. The number of nitrogens with zero attached hydrogens (tertiary/aromatic N) is 2. The third-order valence-electron chi connectivity index (χ3n) is 5.67. The third-order valence-corrected chi connectivity index (χ3v) is 5.67. The van der Waals surface area contributed by atoms with Crippen LogP contribution < -0.4 is 15.5 Å². The molecular formula is C24H32N4O2. The number of hydrogen-bond donors (Lipinski definition) is 2. The van der Waals surface area contributed by atoms with Crippen LogP contribution in [0.25, 0.3) is 0 Å². The van der Waals surface area contributed by atoms with Crippen LogP contribution in [-0.2, 0) is 9.59 Å². The van der Waals surface area contributed by atoms with Gasteiger partial charge in [-0.1, -0.05) is 29.8 Å². The van der Waals surface area contributed by atoms with Gasteiger partial charge in [0.05, 0.1) is 6.04 Å². The minimum Gasteiger partial charge on any atom is -0.378 e. The van der Waals surface area contributed by atoms with Crippen LogP contribution in [0.5, 0.6) is 0 Å². The summed E-state index contributed by atoms with van der Waals surface area (Å²) >= 11 is 0. The molecule has 0 radical (unpaired) electrons. The Morgan fingerprint density at radius 2 is 1.67 bits per heavy atom. The minimum atomic E-state index is -0.634. The van der Waals surface area contributed by atoms with E-state index < -0.39 is 11.8 Å². The molecule has 0 unspecified atom stereocenters. The smallest absolute Gasteiger partial charge is 0.313 e. The zero-order valence-corrected chi connectivity index (χ0v) is 18.4. The summed E-state index contributed by atoms with van der Waals surface area (Å²) in [7, 11) is 4.03. The van der Waals surface area contributed by atoms with Crippen LogP contribution >= 0.6 is 0 Å². The maximum Gasteiger partial charge on any atom is 0.313 e. The van der Waals surface area contributed by atoms with Gasteiger partial charge in [-0.05, 0) is 69.1 Å². The van der Waals surface area contributed by atoms with E-state index in [9.17, 15) is 9.59 Å². The molecule has 1 aliphatic rings. The summed E-state index contributed by atoms with van der Waals surface area (Å²) in [5, 5.41) is 5.56. The molecule has 1 heterocycles. The highest BCUT2D eigenvalue weighted by molar-refractivity contribution is 6.39. The molecule has 1 atom stereocenters. The van der Waals surface area contributed by atoms with E-state index in [0.717, 1.165) is 48.3 Å². The van der Waals surface area contributed by atoms with Crippen LogP contribution in [0.15, 0.2) is 42.5 Å². The minimum absolute atomic E-state index is 0.0570. The standard InChI is InChI=1S/C24H32N4O2/c1-17-7-12-21(18(2)15-17)26-24(30)23(29)25-16-22(28-13-5-6-14-28)19-8-10-20(11-9-19)27(3)4/h7-12,15,22H,5-6,13-14,16H2,1-4H3,(H,25,29)(H,26,30)/t22-/m1/s1. The fourth-order valence-electron chi connectivity index (χ4n) is 3.91. The van der Waals surface area contributed by atoms with Crippen molar-refractivity contribution in [3.63, 3.8) is 0 Å². The number of rotatable bonds is 6. The van der Waals surface area contributed by atoms with Gasteiger partial charge in [0.2, 0.25) is 0 Å². The molecule has 3 rings (SSSR count). The quantitative estimate of drug-likeness (QED) is 0.720. The van der Waals surface area contributed by atoms with Gasteiger partial charge >= 0.3 is 11.8 Å². The zero-order chi connectivity index (χ0) is 21.7. The molecule has 160 valence electrons. The number of hydrogen-bond acceptors (Lipinski definition) is 4. The fraction of sp³-hybridized carbons (Fsp3) is 0.417. The number of benzene rings is 2. The second kappa shape index (κ2) is 9.76. The maximum atomic E-state index is 12.5. The van der Waals surface area contributed by atoms with Gasteiger partial charge < -0.3 is 15.5 Å². The zero-order valence-electron chi connectivity index (χ0n) is 18.4. The van der Waals surface area contributed by atoms with Gasteiger partial charge in [-0.25, -0.2) is 0 Å². The Hall–Kier alpha value is -2.86. The van der Waals surface area contributed by atoms with Crippen molar-refractivity contribution >= 4 is 23.2 Å². The number of carbonyl (C=O) groups excluding carboxylic acids is 2. The second-order valence-corrected chi connectivity index (χ2v) is 8.23. The SMILES string of the molecule is Cc1ccc(NC(=O)C(=O)NC[C@H](c2ccc(N(C)C)cc2)N2CCCC2)c(C)c1. The van der Waals surface area contributed by atoms with Crippen molar-refractivity contribution < 1.29 is 9.59 Å². The Balaban J connectivity index is 1.65.